The molecule has 0 aromatic carbocycles. The lowest BCUT2D eigenvalue weighted by atomic mass is 9.78. The zero-order valence-corrected chi connectivity index (χ0v) is 13.9. The molecule has 3 unspecified atom stereocenters. The number of anilines is 2. The summed E-state index contributed by atoms with van der Waals surface area (Å²) in [6, 6.07) is 0.536. The van der Waals surface area contributed by atoms with Crippen molar-refractivity contribution in [1.82, 2.24) is 9.97 Å². The van der Waals surface area contributed by atoms with Gasteiger partial charge in [-0.2, -0.15) is 0 Å². The fourth-order valence-electron chi connectivity index (χ4n) is 3.30. The Labute approximate surface area is 129 Å². The first-order chi connectivity index (χ1) is 10.2. The number of nitrogens with one attached hydrogen (secondary N) is 2. The highest BCUT2D eigenvalue weighted by molar-refractivity contribution is 5.57. The maximum atomic E-state index is 4.53. The van der Waals surface area contributed by atoms with Crippen LogP contribution in [0.3, 0.4) is 0 Å². The van der Waals surface area contributed by atoms with Gasteiger partial charge >= 0.3 is 0 Å². The smallest absolute Gasteiger partial charge is 0.134 e. The van der Waals surface area contributed by atoms with Crippen molar-refractivity contribution in [3.63, 3.8) is 0 Å². The largest absolute Gasteiger partial charge is 0.370 e. The van der Waals surface area contributed by atoms with E-state index in [1.807, 2.05) is 0 Å². The lowest BCUT2D eigenvalue weighted by Gasteiger charge is -2.35. The molecule has 0 bridgehead atoms. The average Bonchev–Trinajstić information content (AvgIpc) is 2.47. The number of nitrogens with zero attached hydrogens (tertiary/aromatic N) is 2. The Morgan fingerprint density at radius 3 is 2.62 bits per heavy atom. The summed E-state index contributed by atoms with van der Waals surface area (Å²) in [4.78, 5) is 8.94. The molecule has 1 aliphatic carbocycles. The Balaban J connectivity index is 2.20. The molecule has 1 aromatic heterocycles. The van der Waals surface area contributed by atoms with Gasteiger partial charge in [-0.25, -0.2) is 9.97 Å². The third kappa shape index (κ3) is 3.86. The molecule has 0 aliphatic heterocycles. The van der Waals surface area contributed by atoms with Crippen molar-refractivity contribution in [2.24, 2.45) is 11.8 Å². The fraction of sp³-hybridized carbons (Fsp3) is 0.765. The topological polar surface area (TPSA) is 49.8 Å². The molecule has 0 amide bonds. The van der Waals surface area contributed by atoms with Crippen molar-refractivity contribution in [3.8, 4) is 0 Å². The molecule has 4 nitrogen and oxygen atoms in total. The van der Waals surface area contributed by atoms with Crippen LogP contribution in [0.5, 0.6) is 0 Å². The van der Waals surface area contributed by atoms with Crippen molar-refractivity contribution in [3.05, 3.63) is 11.9 Å². The minimum absolute atomic E-state index is 0.536. The summed E-state index contributed by atoms with van der Waals surface area (Å²) in [5.41, 5.74) is 1.24. The third-order valence-corrected chi connectivity index (χ3v) is 4.82. The minimum Gasteiger partial charge on any atom is -0.370 e. The molecule has 3 atom stereocenters. The second kappa shape index (κ2) is 7.62. The highest BCUT2D eigenvalue weighted by atomic mass is 15.1. The molecule has 1 saturated carbocycles. The van der Waals surface area contributed by atoms with Crippen molar-refractivity contribution < 1.29 is 0 Å². The molecule has 1 fully saturated rings. The Bertz CT molecular complexity index is 446. The standard InChI is InChI=1S/C17H30N4/c1-5-8-14-16(18-6-2)19-11-20-17(14)21-15-10-7-9-12(3)13(15)4/h11-13,15H,5-10H2,1-4H3,(H2,18,19,20,21). The van der Waals surface area contributed by atoms with Gasteiger partial charge in [-0.1, -0.05) is 40.0 Å². The molecular formula is C17H30N4. The van der Waals surface area contributed by atoms with Crippen LogP contribution in [0.4, 0.5) is 11.6 Å². The zero-order chi connectivity index (χ0) is 15.2. The van der Waals surface area contributed by atoms with Gasteiger partial charge < -0.3 is 10.6 Å². The van der Waals surface area contributed by atoms with E-state index in [-0.39, 0.29) is 0 Å². The van der Waals surface area contributed by atoms with Crippen LogP contribution in [0.15, 0.2) is 6.33 Å². The van der Waals surface area contributed by atoms with Crippen LogP contribution >= 0.6 is 0 Å². The fourth-order valence-corrected chi connectivity index (χ4v) is 3.30. The van der Waals surface area contributed by atoms with Crippen LogP contribution in [0.25, 0.3) is 0 Å². The van der Waals surface area contributed by atoms with E-state index in [2.05, 4.69) is 48.3 Å². The number of aromatic nitrogens is 2. The quantitative estimate of drug-likeness (QED) is 0.828. The summed E-state index contributed by atoms with van der Waals surface area (Å²) in [5, 5.41) is 7.09. The number of hydrogen-bond donors (Lipinski definition) is 2. The molecule has 4 heteroatoms. The van der Waals surface area contributed by atoms with Crippen LogP contribution in [0.1, 0.15) is 58.9 Å². The maximum absolute atomic E-state index is 4.53. The number of hydrogen-bond acceptors (Lipinski definition) is 4. The highest BCUT2D eigenvalue weighted by Crippen LogP contribution is 2.32. The molecule has 118 valence electrons. The first-order valence-corrected chi connectivity index (χ1v) is 8.51. The minimum atomic E-state index is 0.536. The SMILES string of the molecule is CCCc1c(NCC)ncnc1NC1CCCC(C)C1C. The third-order valence-electron chi connectivity index (χ3n) is 4.82. The number of rotatable bonds is 6. The van der Waals surface area contributed by atoms with E-state index in [0.717, 1.165) is 36.9 Å². The Morgan fingerprint density at radius 1 is 1.14 bits per heavy atom. The highest BCUT2D eigenvalue weighted by Gasteiger charge is 2.28. The van der Waals surface area contributed by atoms with Crippen LogP contribution in [-0.4, -0.2) is 22.6 Å². The van der Waals surface area contributed by atoms with Crippen LogP contribution < -0.4 is 10.6 Å². The van der Waals surface area contributed by atoms with Crippen molar-refractivity contribution in [2.45, 2.75) is 65.8 Å². The first kappa shape index (κ1) is 16.1. The summed E-state index contributed by atoms with van der Waals surface area (Å²) >= 11 is 0. The molecule has 1 heterocycles. The van der Waals surface area contributed by atoms with Gasteiger partial charge in [0.15, 0.2) is 0 Å². The van der Waals surface area contributed by atoms with Crippen molar-refractivity contribution in [2.75, 3.05) is 17.2 Å². The molecule has 1 aliphatic rings. The van der Waals surface area contributed by atoms with E-state index in [4.69, 9.17) is 0 Å². The average molecular weight is 290 g/mol. The van der Waals surface area contributed by atoms with E-state index in [1.165, 1.54) is 24.8 Å². The monoisotopic (exact) mass is 290 g/mol. The zero-order valence-electron chi connectivity index (χ0n) is 13.9. The molecular weight excluding hydrogens is 260 g/mol. The van der Waals surface area contributed by atoms with Gasteiger partial charge in [-0.3, -0.25) is 0 Å². The molecule has 0 radical (unpaired) electrons. The summed E-state index contributed by atoms with van der Waals surface area (Å²) < 4.78 is 0. The van der Waals surface area contributed by atoms with Gasteiger partial charge in [0.05, 0.1) is 0 Å². The van der Waals surface area contributed by atoms with Gasteiger partial charge in [0.1, 0.15) is 18.0 Å². The lowest BCUT2D eigenvalue weighted by Crippen LogP contribution is -2.35. The molecule has 0 saturated heterocycles. The van der Waals surface area contributed by atoms with Gasteiger partial charge in [-0.15, -0.1) is 0 Å². The van der Waals surface area contributed by atoms with E-state index < -0.39 is 0 Å². The summed E-state index contributed by atoms with van der Waals surface area (Å²) in [6.45, 7) is 9.95. The van der Waals surface area contributed by atoms with Gasteiger partial charge in [0.2, 0.25) is 0 Å². The lowest BCUT2D eigenvalue weighted by molar-refractivity contribution is 0.252. The van der Waals surface area contributed by atoms with E-state index >= 15 is 0 Å². The predicted molar refractivity (Wildman–Crippen MR) is 89.8 cm³/mol. The van der Waals surface area contributed by atoms with E-state index in [9.17, 15) is 0 Å². The van der Waals surface area contributed by atoms with Gasteiger partial charge in [0.25, 0.3) is 0 Å². The maximum Gasteiger partial charge on any atom is 0.134 e. The Kier molecular flexibility index (Phi) is 5.83. The molecule has 2 rings (SSSR count). The van der Waals surface area contributed by atoms with Gasteiger partial charge in [-0.05, 0) is 31.6 Å². The van der Waals surface area contributed by atoms with Crippen LogP contribution in [0.2, 0.25) is 0 Å². The first-order valence-electron chi connectivity index (χ1n) is 8.51. The molecule has 21 heavy (non-hydrogen) atoms. The normalized spacial score (nSPS) is 25.6. The van der Waals surface area contributed by atoms with Crippen molar-refractivity contribution >= 4 is 11.6 Å². The van der Waals surface area contributed by atoms with Crippen molar-refractivity contribution in [1.29, 1.82) is 0 Å². The molecule has 1 aromatic rings. The Morgan fingerprint density at radius 2 is 1.90 bits per heavy atom. The molecule has 0 spiro atoms. The van der Waals surface area contributed by atoms with Crippen LogP contribution in [0, 0.1) is 11.8 Å². The van der Waals surface area contributed by atoms with E-state index in [1.54, 1.807) is 6.33 Å². The second-order valence-corrected chi connectivity index (χ2v) is 6.35. The van der Waals surface area contributed by atoms with E-state index in [0.29, 0.717) is 12.0 Å². The predicted octanol–water partition coefficient (Wildman–Crippen LogP) is 4.10. The summed E-state index contributed by atoms with van der Waals surface area (Å²) in [6.07, 6.45) is 7.72. The Hall–Kier alpha value is -1.32. The summed E-state index contributed by atoms with van der Waals surface area (Å²) in [5.74, 6) is 3.52. The summed E-state index contributed by atoms with van der Waals surface area (Å²) in [7, 11) is 0. The molecule has 2 N–H and O–H groups in total. The van der Waals surface area contributed by atoms with Gasteiger partial charge in [0, 0.05) is 18.2 Å². The van der Waals surface area contributed by atoms with Crippen LogP contribution in [-0.2, 0) is 6.42 Å². The second-order valence-electron chi connectivity index (χ2n) is 6.35.